The zero-order valence-corrected chi connectivity index (χ0v) is 17.8. The molecule has 0 radical (unpaired) electrons. The number of methoxy groups -OCH3 is 1. The number of rotatable bonds is 5. The average Bonchev–Trinajstić information content (AvgIpc) is 3.45. The van der Waals surface area contributed by atoms with Crippen molar-refractivity contribution in [1.29, 1.82) is 0 Å². The molecule has 3 aromatic rings. The molecule has 2 aromatic heterocycles. The third kappa shape index (κ3) is 3.64. The van der Waals surface area contributed by atoms with Gasteiger partial charge in [0.15, 0.2) is 5.78 Å². The molecule has 9 heteroatoms. The number of carbonyl (C=O) groups excluding carboxylic acids is 1. The summed E-state index contributed by atoms with van der Waals surface area (Å²) in [6, 6.07) is 7.92. The highest BCUT2D eigenvalue weighted by molar-refractivity contribution is 5.97. The van der Waals surface area contributed by atoms with Gasteiger partial charge in [0.25, 0.3) is 0 Å². The third-order valence-electron chi connectivity index (χ3n) is 6.72. The largest absolute Gasteiger partial charge is 0.496 e. The van der Waals surface area contributed by atoms with Gasteiger partial charge in [0.2, 0.25) is 0 Å². The topological polar surface area (TPSA) is 60.2 Å². The summed E-state index contributed by atoms with van der Waals surface area (Å²) in [6.45, 7) is 1.07. The maximum Gasteiger partial charge on any atom is 0.433 e. The molecule has 2 aliphatic rings. The first kappa shape index (κ1) is 20.9. The molecule has 0 amide bonds. The summed E-state index contributed by atoms with van der Waals surface area (Å²) in [4.78, 5) is 18.6. The summed E-state index contributed by atoms with van der Waals surface area (Å²) in [7, 11) is 3.66. The van der Waals surface area contributed by atoms with Crippen LogP contribution in [0, 0.1) is 5.92 Å². The Morgan fingerprint density at radius 2 is 2.06 bits per heavy atom. The molecule has 1 aliphatic heterocycles. The Kier molecular flexibility index (Phi) is 4.96. The molecule has 32 heavy (non-hydrogen) atoms. The molecule has 3 atom stereocenters. The Labute approximate surface area is 183 Å². The van der Waals surface area contributed by atoms with E-state index >= 15 is 0 Å². The van der Waals surface area contributed by atoms with Crippen molar-refractivity contribution in [2.24, 2.45) is 5.92 Å². The first-order chi connectivity index (χ1) is 15.2. The summed E-state index contributed by atoms with van der Waals surface area (Å²) in [5.41, 5.74) is 0.0649. The van der Waals surface area contributed by atoms with Gasteiger partial charge < -0.3 is 9.64 Å². The Morgan fingerprint density at radius 1 is 1.25 bits per heavy atom. The molecule has 2 fully saturated rings. The maximum absolute atomic E-state index is 13.0. The molecule has 1 aliphatic carbocycles. The number of carbonyl (C=O) groups is 1. The van der Waals surface area contributed by atoms with Gasteiger partial charge in [-0.15, -0.1) is 0 Å². The minimum Gasteiger partial charge on any atom is -0.496 e. The first-order valence-electron chi connectivity index (χ1n) is 10.6. The van der Waals surface area contributed by atoms with Gasteiger partial charge in [-0.25, -0.2) is 4.98 Å². The van der Waals surface area contributed by atoms with Gasteiger partial charge in [0.1, 0.15) is 17.1 Å². The van der Waals surface area contributed by atoms with Crippen molar-refractivity contribution >= 4 is 16.7 Å². The minimum absolute atomic E-state index is 0.114. The fourth-order valence-corrected chi connectivity index (χ4v) is 5.10. The molecule has 168 valence electrons. The van der Waals surface area contributed by atoms with Gasteiger partial charge in [-0.1, -0.05) is 6.07 Å². The number of hydrogen-bond acceptors (Lipinski definition) is 5. The van der Waals surface area contributed by atoms with Crippen molar-refractivity contribution < 1.29 is 22.7 Å². The zero-order chi connectivity index (χ0) is 22.6. The van der Waals surface area contributed by atoms with E-state index in [1.165, 1.54) is 25.7 Å². The summed E-state index contributed by atoms with van der Waals surface area (Å²) in [5, 5.41) is 5.64. The van der Waals surface area contributed by atoms with Gasteiger partial charge >= 0.3 is 6.18 Å². The molecule has 0 N–H and O–H groups in total. The Balaban J connectivity index is 1.42. The third-order valence-corrected chi connectivity index (χ3v) is 6.72. The molecule has 3 heterocycles. The molecule has 5 rings (SSSR count). The highest BCUT2D eigenvalue weighted by Crippen LogP contribution is 2.44. The fourth-order valence-electron chi connectivity index (χ4n) is 5.10. The lowest BCUT2D eigenvalue weighted by Gasteiger charge is -2.28. The normalized spacial score (nSPS) is 23.2. The number of benzene rings is 1. The second kappa shape index (κ2) is 7.58. The van der Waals surface area contributed by atoms with E-state index in [0.29, 0.717) is 29.3 Å². The summed E-state index contributed by atoms with van der Waals surface area (Å²) in [6.07, 6.45) is -0.465. The number of hydrogen-bond donors (Lipinski definition) is 0. The lowest BCUT2D eigenvalue weighted by molar-refractivity contribution is -0.141. The molecule has 1 saturated heterocycles. The Morgan fingerprint density at radius 3 is 2.72 bits per heavy atom. The second-order valence-electron chi connectivity index (χ2n) is 8.73. The van der Waals surface area contributed by atoms with Crippen LogP contribution in [0.4, 0.5) is 13.2 Å². The van der Waals surface area contributed by atoms with E-state index in [1.807, 2.05) is 16.9 Å². The molecule has 0 unspecified atom stereocenters. The summed E-state index contributed by atoms with van der Waals surface area (Å²) < 4.78 is 46.3. The smallest absolute Gasteiger partial charge is 0.433 e. The van der Waals surface area contributed by atoms with E-state index in [2.05, 4.69) is 16.9 Å². The van der Waals surface area contributed by atoms with Crippen molar-refractivity contribution in [2.75, 3.05) is 20.7 Å². The van der Waals surface area contributed by atoms with E-state index in [0.717, 1.165) is 29.9 Å². The molecule has 2 bridgehead atoms. The van der Waals surface area contributed by atoms with E-state index in [1.54, 1.807) is 6.07 Å². The predicted molar refractivity (Wildman–Crippen MR) is 112 cm³/mol. The van der Waals surface area contributed by atoms with E-state index < -0.39 is 17.7 Å². The van der Waals surface area contributed by atoms with Crippen molar-refractivity contribution in [3.8, 4) is 5.75 Å². The van der Waals surface area contributed by atoms with E-state index in [4.69, 9.17) is 9.84 Å². The van der Waals surface area contributed by atoms with Crippen molar-refractivity contribution in [3.63, 3.8) is 0 Å². The highest BCUT2D eigenvalue weighted by Gasteiger charge is 2.44. The zero-order valence-electron chi connectivity index (χ0n) is 17.8. The van der Waals surface area contributed by atoms with Crippen LogP contribution >= 0.6 is 0 Å². The van der Waals surface area contributed by atoms with Crippen LogP contribution in [0.1, 0.15) is 40.6 Å². The number of Topliss-reactive ketones (excluding diaryl/α,β-unsaturated/α-hetero) is 1. The number of halogens is 3. The van der Waals surface area contributed by atoms with Gasteiger partial charge in [-0.2, -0.15) is 18.3 Å². The first-order valence-corrected chi connectivity index (χ1v) is 10.6. The Bertz CT molecular complexity index is 1190. The SMILES string of the molecule is COc1cc2nn([C@@H]3C[C@@H]4C[C@H]3CN4C)cc2cc1CC(=O)c1cccc(C(F)(F)F)n1. The van der Waals surface area contributed by atoms with Gasteiger partial charge in [-0.3, -0.25) is 9.48 Å². The molecular formula is C23H23F3N4O2. The van der Waals surface area contributed by atoms with Crippen LogP contribution in [0.25, 0.3) is 10.9 Å². The van der Waals surface area contributed by atoms with Crippen LogP contribution in [0.15, 0.2) is 36.5 Å². The van der Waals surface area contributed by atoms with Crippen molar-refractivity contribution in [1.82, 2.24) is 19.7 Å². The van der Waals surface area contributed by atoms with Gasteiger partial charge in [-0.05, 0) is 44.0 Å². The molecule has 6 nitrogen and oxygen atoms in total. The van der Waals surface area contributed by atoms with Gasteiger partial charge in [0, 0.05) is 42.2 Å². The lowest BCUT2D eigenvalue weighted by atomic mass is 10.0. The van der Waals surface area contributed by atoms with Crippen LogP contribution in [0.3, 0.4) is 0 Å². The number of pyridine rings is 1. The van der Waals surface area contributed by atoms with Crippen molar-refractivity contribution in [3.05, 3.63) is 53.5 Å². The monoisotopic (exact) mass is 444 g/mol. The number of likely N-dealkylation sites (tertiary alicyclic amines) is 1. The number of ether oxygens (including phenoxy) is 1. The van der Waals surface area contributed by atoms with E-state index in [-0.39, 0.29) is 12.1 Å². The van der Waals surface area contributed by atoms with E-state index in [9.17, 15) is 18.0 Å². The quantitative estimate of drug-likeness (QED) is 0.554. The maximum atomic E-state index is 13.0. The molecule has 0 spiro atoms. The average molecular weight is 444 g/mol. The number of aromatic nitrogens is 3. The summed E-state index contributed by atoms with van der Waals surface area (Å²) >= 11 is 0. The molecule has 1 aromatic carbocycles. The number of ketones is 1. The number of fused-ring (bicyclic) bond motifs is 3. The lowest BCUT2D eigenvalue weighted by Crippen LogP contribution is -2.33. The number of alkyl halides is 3. The van der Waals surface area contributed by atoms with Crippen LogP contribution in [-0.2, 0) is 12.6 Å². The Hall–Kier alpha value is -2.94. The number of piperidine rings is 1. The minimum atomic E-state index is -4.60. The molecular weight excluding hydrogens is 421 g/mol. The van der Waals surface area contributed by atoms with Crippen LogP contribution in [0.5, 0.6) is 5.75 Å². The predicted octanol–water partition coefficient (Wildman–Crippen LogP) is 4.15. The fraction of sp³-hybridized carbons (Fsp3) is 0.435. The highest BCUT2D eigenvalue weighted by atomic mass is 19.4. The van der Waals surface area contributed by atoms with Crippen molar-refractivity contribution in [2.45, 2.75) is 37.5 Å². The van der Waals surface area contributed by atoms with Crippen LogP contribution in [0.2, 0.25) is 0 Å². The number of nitrogens with zero attached hydrogens (tertiary/aromatic N) is 4. The molecule has 1 saturated carbocycles. The summed E-state index contributed by atoms with van der Waals surface area (Å²) in [5.74, 6) is 0.558. The van der Waals surface area contributed by atoms with Crippen LogP contribution < -0.4 is 4.74 Å². The second-order valence-corrected chi connectivity index (χ2v) is 8.73. The van der Waals surface area contributed by atoms with Crippen LogP contribution in [-0.4, -0.2) is 52.2 Å². The van der Waals surface area contributed by atoms with Gasteiger partial charge in [0.05, 0.1) is 18.7 Å². The standard InChI is InChI=1S/C23H23F3N4O2/c1-29-11-15-7-16(29)9-19(15)30-12-14-6-13(21(32-2)10-18(14)28-30)8-20(31)17-4-3-5-22(27-17)23(24,25)26/h3-6,10,12,15-16,19H,7-9,11H2,1-2H3/t15-,16-,19+/m0/s1.